The van der Waals surface area contributed by atoms with E-state index in [-0.39, 0.29) is 12.2 Å². The quantitative estimate of drug-likeness (QED) is 0.480. The molecule has 3 nitrogen and oxygen atoms in total. The Bertz CT molecular complexity index is 341. The summed E-state index contributed by atoms with van der Waals surface area (Å²) in [6, 6.07) is 0. The van der Waals surface area contributed by atoms with Crippen LogP contribution in [0.2, 0.25) is 0 Å². The molecule has 0 radical (unpaired) electrons. The number of hydrogen-bond acceptors (Lipinski definition) is 2. The van der Waals surface area contributed by atoms with Gasteiger partial charge in [0.15, 0.2) is 5.82 Å². The van der Waals surface area contributed by atoms with E-state index in [1.807, 2.05) is 0 Å². The lowest BCUT2D eigenvalue weighted by Crippen LogP contribution is -2.05. The van der Waals surface area contributed by atoms with E-state index in [0.717, 1.165) is 0 Å². The Hall–Kier alpha value is -1.56. The first-order valence-electron chi connectivity index (χ1n) is 3.66. The van der Waals surface area contributed by atoms with Crippen molar-refractivity contribution in [3.05, 3.63) is 18.2 Å². The third-order valence-corrected chi connectivity index (χ3v) is 1.50. The zero-order valence-corrected chi connectivity index (χ0v) is 7.16. The second-order valence-electron chi connectivity index (χ2n) is 2.39. The molecule has 0 saturated carbocycles. The maximum atomic E-state index is 11.3. The molecule has 0 unspecified atom stereocenters. The molecule has 0 aliphatic carbocycles. The molecule has 0 aromatic carbocycles. The standard InChI is InChI=1S/C9H10N2O/c1-3-4-5-8(12)9-10-6-7-11(9)2/h6-7H,5H2,1-2H3. The summed E-state index contributed by atoms with van der Waals surface area (Å²) in [5.74, 6) is 5.82. The predicted molar refractivity (Wildman–Crippen MR) is 45.6 cm³/mol. The van der Waals surface area contributed by atoms with Gasteiger partial charge in [-0.25, -0.2) is 4.98 Å². The first kappa shape index (κ1) is 8.54. The molecule has 0 saturated heterocycles. The highest BCUT2D eigenvalue weighted by atomic mass is 16.1. The second-order valence-corrected chi connectivity index (χ2v) is 2.39. The number of Topliss-reactive ketones (excluding diaryl/α,β-unsaturated/α-hetero) is 1. The highest BCUT2D eigenvalue weighted by Gasteiger charge is 2.07. The molecular weight excluding hydrogens is 152 g/mol. The van der Waals surface area contributed by atoms with E-state index < -0.39 is 0 Å². The molecule has 0 bridgehead atoms. The topological polar surface area (TPSA) is 34.9 Å². The van der Waals surface area contributed by atoms with Crippen LogP contribution in [0.1, 0.15) is 24.0 Å². The fourth-order valence-corrected chi connectivity index (χ4v) is 0.882. The van der Waals surface area contributed by atoms with Crippen LogP contribution in [0, 0.1) is 11.8 Å². The number of rotatable bonds is 2. The maximum absolute atomic E-state index is 11.3. The number of aryl methyl sites for hydroxylation is 1. The molecule has 0 aliphatic heterocycles. The second kappa shape index (κ2) is 3.72. The van der Waals surface area contributed by atoms with Crippen LogP contribution in [0.5, 0.6) is 0 Å². The van der Waals surface area contributed by atoms with Gasteiger partial charge in [0.05, 0.1) is 6.42 Å². The summed E-state index contributed by atoms with van der Waals surface area (Å²) in [6.45, 7) is 1.71. The zero-order valence-electron chi connectivity index (χ0n) is 7.16. The zero-order chi connectivity index (χ0) is 8.97. The molecule has 62 valence electrons. The van der Waals surface area contributed by atoms with Crippen molar-refractivity contribution < 1.29 is 4.79 Å². The molecule has 1 heterocycles. The lowest BCUT2D eigenvalue weighted by molar-refractivity contribution is 0.0985. The van der Waals surface area contributed by atoms with Crippen molar-refractivity contribution in [2.24, 2.45) is 7.05 Å². The molecule has 0 aliphatic rings. The van der Waals surface area contributed by atoms with Gasteiger partial charge in [-0.1, -0.05) is 5.92 Å². The lowest BCUT2D eigenvalue weighted by Gasteiger charge is -1.95. The van der Waals surface area contributed by atoms with Crippen LogP contribution in [-0.2, 0) is 7.05 Å². The Balaban J connectivity index is 2.76. The largest absolute Gasteiger partial charge is 0.332 e. The normalized spacial score (nSPS) is 8.83. The summed E-state index contributed by atoms with van der Waals surface area (Å²) in [7, 11) is 1.79. The molecule has 3 heteroatoms. The van der Waals surface area contributed by atoms with Crippen molar-refractivity contribution in [3.8, 4) is 11.8 Å². The minimum Gasteiger partial charge on any atom is -0.332 e. The first-order chi connectivity index (χ1) is 5.75. The van der Waals surface area contributed by atoms with Gasteiger partial charge in [0.25, 0.3) is 0 Å². The number of ketones is 1. The van der Waals surface area contributed by atoms with E-state index >= 15 is 0 Å². The Morgan fingerprint density at radius 2 is 2.50 bits per heavy atom. The van der Waals surface area contributed by atoms with Crippen molar-refractivity contribution >= 4 is 5.78 Å². The molecule has 0 N–H and O–H groups in total. The number of carbonyl (C=O) groups is 1. The molecule has 1 aromatic rings. The molecule has 1 aromatic heterocycles. The summed E-state index contributed by atoms with van der Waals surface area (Å²) in [5, 5.41) is 0. The highest BCUT2D eigenvalue weighted by Crippen LogP contribution is 1.98. The van der Waals surface area contributed by atoms with Gasteiger partial charge in [-0.15, -0.1) is 5.92 Å². The Labute approximate surface area is 71.4 Å². The average Bonchev–Trinajstić information content (AvgIpc) is 2.47. The highest BCUT2D eigenvalue weighted by molar-refractivity contribution is 5.94. The van der Waals surface area contributed by atoms with Gasteiger partial charge in [-0.3, -0.25) is 4.79 Å². The Kier molecular flexibility index (Phi) is 2.65. The third kappa shape index (κ3) is 1.73. The molecule has 0 atom stereocenters. The molecule has 0 amide bonds. The van der Waals surface area contributed by atoms with Crippen molar-refractivity contribution in [2.75, 3.05) is 0 Å². The minimum absolute atomic E-state index is 0.0307. The monoisotopic (exact) mass is 162 g/mol. The summed E-state index contributed by atoms with van der Waals surface area (Å²) in [6.07, 6.45) is 3.60. The van der Waals surface area contributed by atoms with E-state index in [1.54, 1.807) is 30.9 Å². The summed E-state index contributed by atoms with van der Waals surface area (Å²) < 4.78 is 1.69. The van der Waals surface area contributed by atoms with Gasteiger partial charge >= 0.3 is 0 Å². The van der Waals surface area contributed by atoms with Crippen LogP contribution < -0.4 is 0 Å². The van der Waals surface area contributed by atoms with Crippen LogP contribution >= 0.6 is 0 Å². The first-order valence-corrected chi connectivity index (χ1v) is 3.66. The predicted octanol–water partition coefficient (Wildman–Crippen LogP) is 1.02. The lowest BCUT2D eigenvalue weighted by atomic mass is 10.3. The van der Waals surface area contributed by atoms with Crippen molar-refractivity contribution in [2.45, 2.75) is 13.3 Å². The molecular formula is C9H10N2O. The molecule has 0 fully saturated rings. The van der Waals surface area contributed by atoms with Crippen molar-refractivity contribution in [3.63, 3.8) is 0 Å². The van der Waals surface area contributed by atoms with Crippen LogP contribution in [0.15, 0.2) is 12.4 Å². The Morgan fingerprint density at radius 1 is 1.75 bits per heavy atom. The minimum atomic E-state index is -0.0307. The molecule has 1 rings (SSSR count). The van der Waals surface area contributed by atoms with E-state index in [1.165, 1.54) is 0 Å². The van der Waals surface area contributed by atoms with Gasteiger partial charge < -0.3 is 4.57 Å². The molecule has 12 heavy (non-hydrogen) atoms. The van der Waals surface area contributed by atoms with E-state index in [0.29, 0.717) is 5.82 Å². The summed E-state index contributed by atoms with van der Waals surface area (Å²) in [4.78, 5) is 15.2. The number of carbonyl (C=O) groups excluding carboxylic acids is 1. The van der Waals surface area contributed by atoms with Gasteiger partial charge in [0.1, 0.15) is 0 Å². The van der Waals surface area contributed by atoms with Gasteiger partial charge in [0.2, 0.25) is 5.78 Å². The smallest absolute Gasteiger partial charge is 0.210 e. The van der Waals surface area contributed by atoms with Crippen LogP contribution in [0.4, 0.5) is 0 Å². The number of nitrogens with zero attached hydrogens (tertiary/aromatic N) is 2. The average molecular weight is 162 g/mol. The van der Waals surface area contributed by atoms with E-state index in [4.69, 9.17) is 0 Å². The van der Waals surface area contributed by atoms with Gasteiger partial charge in [-0.2, -0.15) is 0 Å². The number of aromatic nitrogens is 2. The fraction of sp³-hybridized carbons (Fsp3) is 0.333. The summed E-state index contributed by atoms with van der Waals surface area (Å²) in [5.41, 5.74) is 0. The number of hydrogen-bond donors (Lipinski definition) is 0. The Morgan fingerprint density at radius 3 is 3.00 bits per heavy atom. The molecule has 0 spiro atoms. The maximum Gasteiger partial charge on any atom is 0.210 e. The van der Waals surface area contributed by atoms with Crippen LogP contribution in [0.3, 0.4) is 0 Å². The van der Waals surface area contributed by atoms with Crippen molar-refractivity contribution in [1.29, 1.82) is 0 Å². The van der Waals surface area contributed by atoms with E-state index in [9.17, 15) is 4.79 Å². The van der Waals surface area contributed by atoms with Gasteiger partial charge in [0, 0.05) is 19.4 Å². The van der Waals surface area contributed by atoms with Gasteiger partial charge in [-0.05, 0) is 6.92 Å². The fourth-order valence-electron chi connectivity index (χ4n) is 0.882. The van der Waals surface area contributed by atoms with Crippen LogP contribution in [0.25, 0.3) is 0 Å². The SMILES string of the molecule is CC#CCC(=O)c1nccn1C. The number of imidazole rings is 1. The van der Waals surface area contributed by atoms with Crippen molar-refractivity contribution in [1.82, 2.24) is 9.55 Å². The van der Waals surface area contributed by atoms with E-state index in [2.05, 4.69) is 16.8 Å². The van der Waals surface area contributed by atoms with Crippen LogP contribution in [-0.4, -0.2) is 15.3 Å². The third-order valence-electron chi connectivity index (χ3n) is 1.50. The summed E-state index contributed by atoms with van der Waals surface area (Å²) >= 11 is 0.